The average molecular weight is 355 g/mol. The van der Waals surface area contributed by atoms with E-state index < -0.39 is 0 Å². The molecule has 0 unspecified atom stereocenters. The first-order chi connectivity index (χ1) is 10.5. The van der Waals surface area contributed by atoms with Crippen LogP contribution in [0.1, 0.15) is 11.1 Å². The van der Waals surface area contributed by atoms with Gasteiger partial charge in [-0.2, -0.15) is 0 Å². The van der Waals surface area contributed by atoms with Gasteiger partial charge in [0.15, 0.2) is 5.75 Å². The van der Waals surface area contributed by atoms with Crippen LogP contribution >= 0.6 is 34.8 Å². The van der Waals surface area contributed by atoms with E-state index in [9.17, 15) is 0 Å². The Bertz CT molecular complexity index is 703. The Morgan fingerprint density at radius 3 is 2.36 bits per heavy atom. The van der Waals surface area contributed by atoms with Gasteiger partial charge in [-0.05, 0) is 42.3 Å². The average Bonchev–Trinajstić information content (AvgIpc) is 2.48. The van der Waals surface area contributed by atoms with Gasteiger partial charge in [0.25, 0.3) is 0 Å². The summed E-state index contributed by atoms with van der Waals surface area (Å²) in [6.45, 7) is 5.87. The lowest BCUT2D eigenvalue weighted by atomic mass is 10.2. The van der Waals surface area contributed by atoms with E-state index in [2.05, 4.69) is 11.6 Å². The van der Waals surface area contributed by atoms with Crippen LogP contribution in [0.5, 0.6) is 5.75 Å². The Labute approximate surface area is 145 Å². The number of aryl methyl sites for hydroxylation is 1. The summed E-state index contributed by atoms with van der Waals surface area (Å²) < 4.78 is 5.42. The van der Waals surface area contributed by atoms with Crippen molar-refractivity contribution in [2.75, 3.05) is 6.61 Å². The van der Waals surface area contributed by atoms with Crippen molar-refractivity contribution in [2.24, 2.45) is 4.99 Å². The van der Waals surface area contributed by atoms with E-state index in [1.54, 1.807) is 30.5 Å². The van der Waals surface area contributed by atoms with Crippen molar-refractivity contribution in [3.63, 3.8) is 0 Å². The van der Waals surface area contributed by atoms with Crippen molar-refractivity contribution >= 4 is 46.7 Å². The molecule has 2 aromatic rings. The molecule has 0 heterocycles. The van der Waals surface area contributed by atoms with Crippen molar-refractivity contribution < 1.29 is 4.74 Å². The SMILES string of the molecule is C=CCOc1c(Cl)cc(C=Nc2ccc(C)c(Cl)c2)cc1Cl. The van der Waals surface area contributed by atoms with Crippen LogP contribution in [0.15, 0.2) is 48.0 Å². The van der Waals surface area contributed by atoms with Crippen molar-refractivity contribution in [3.05, 3.63) is 69.2 Å². The Hall–Kier alpha value is -1.48. The summed E-state index contributed by atoms with van der Waals surface area (Å²) in [4.78, 5) is 4.37. The van der Waals surface area contributed by atoms with Crippen molar-refractivity contribution in [2.45, 2.75) is 6.92 Å². The van der Waals surface area contributed by atoms with E-state index in [1.807, 2.05) is 19.1 Å². The van der Waals surface area contributed by atoms with Crippen LogP contribution in [0.3, 0.4) is 0 Å². The van der Waals surface area contributed by atoms with Gasteiger partial charge in [-0.15, -0.1) is 0 Å². The molecule has 2 aromatic carbocycles. The molecule has 0 aliphatic heterocycles. The second-order valence-corrected chi connectivity index (χ2v) is 5.83. The molecule has 0 aromatic heterocycles. The lowest BCUT2D eigenvalue weighted by Gasteiger charge is -2.08. The summed E-state index contributed by atoms with van der Waals surface area (Å²) in [7, 11) is 0. The highest BCUT2D eigenvalue weighted by Gasteiger charge is 2.08. The minimum Gasteiger partial charge on any atom is -0.486 e. The van der Waals surface area contributed by atoms with Gasteiger partial charge in [0.05, 0.1) is 15.7 Å². The van der Waals surface area contributed by atoms with Gasteiger partial charge in [-0.1, -0.05) is 53.5 Å². The van der Waals surface area contributed by atoms with Gasteiger partial charge in [0, 0.05) is 11.2 Å². The Morgan fingerprint density at radius 2 is 1.77 bits per heavy atom. The van der Waals surface area contributed by atoms with Gasteiger partial charge in [0.1, 0.15) is 6.61 Å². The van der Waals surface area contributed by atoms with Crippen LogP contribution < -0.4 is 4.74 Å². The standard InChI is InChI=1S/C17H14Cl3NO/c1-3-6-22-17-15(19)7-12(8-16(17)20)10-21-13-5-4-11(2)14(18)9-13/h3-5,7-10H,1,6H2,2H3. The van der Waals surface area contributed by atoms with Crippen LogP contribution in [-0.2, 0) is 0 Å². The summed E-state index contributed by atoms with van der Waals surface area (Å²) >= 11 is 18.4. The third-order valence-corrected chi connectivity index (χ3v) is 3.85. The first-order valence-electron chi connectivity index (χ1n) is 6.54. The van der Waals surface area contributed by atoms with Crippen molar-refractivity contribution in [3.8, 4) is 5.75 Å². The molecule has 114 valence electrons. The molecule has 2 nitrogen and oxygen atoms in total. The molecule has 0 spiro atoms. The second kappa shape index (κ2) is 7.68. The molecule has 0 aliphatic rings. The molecule has 22 heavy (non-hydrogen) atoms. The zero-order valence-electron chi connectivity index (χ0n) is 11.9. The third-order valence-electron chi connectivity index (χ3n) is 2.88. The molecular formula is C17H14Cl3NO. The van der Waals surface area contributed by atoms with E-state index in [0.29, 0.717) is 27.4 Å². The molecule has 0 saturated carbocycles. The van der Waals surface area contributed by atoms with Crippen LogP contribution in [0.25, 0.3) is 0 Å². The fourth-order valence-electron chi connectivity index (χ4n) is 1.75. The number of aliphatic imine (C=N–C) groups is 1. The number of nitrogens with zero attached hydrogens (tertiary/aromatic N) is 1. The molecular weight excluding hydrogens is 341 g/mol. The minimum atomic E-state index is 0.342. The highest BCUT2D eigenvalue weighted by molar-refractivity contribution is 6.37. The lowest BCUT2D eigenvalue weighted by Crippen LogP contribution is -1.95. The van der Waals surface area contributed by atoms with E-state index in [0.717, 1.165) is 16.8 Å². The maximum atomic E-state index is 6.17. The highest BCUT2D eigenvalue weighted by Crippen LogP contribution is 2.34. The van der Waals surface area contributed by atoms with Crippen LogP contribution in [0.4, 0.5) is 5.69 Å². The normalized spacial score (nSPS) is 10.9. The maximum Gasteiger partial charge on any atom is 0.156 e. The maximum absolute atomic E-state index is 6.17. The van der Waals surface area contributed by atoms with E-state index in [1.165, 1.54) is 0 Å². The minimum absolute atomic E-state index is 0.342. The fraction of sp³-hybridized carbons (Fsp3) is 0.118. The second-order valence-electron chi connectivity index (χ2n) is 4.61. The van der Waals surface area contributed by atoms with Gasteiger partial charge >= 0.3 is 0 Å². The number of ether oxygens (including phenoxy) is 1. The summed E-state index contributed by atoms with van der Waals surface area (Å²) in [5.74, 6) is 0.443. The molecule has 0 bridgehead atoms. The molecule has 2 rings (SSSR count). The quantitative estimate of drug-likeness (QED) is 0.458. The van der Waals surface area contributed by atoms with E-state index in [-0.39, 0.29) is 0 Å². The molecule has 0 saturated heterocycles. The molecule has 0 fully saturated rings. The largest absolute Gasteiger partial charge is 0.486 e. The van der Waals surface area contributed by atoms with E-state index >= 15 is 0 Å². The van der Waals surface area contributed by atoms with Crippen molar-refractivity contribution in [1.82, 2.24) is 0 Å². The van der Waals surface area contributed by atoms with Crippen LogP contribution in [0.2, 0.25) is 15.1 Å². The zero-order valence-corrected chi connectivity index (χ0v) is 14.2. The van der Waals surface area contributed by atoms with Crippen LogP contribution in [-0.4, -0.2) is 12.8 Å². The molecule has 0 radical (unpaired) electrons. The van der Waals surface area contributed by atoms with E-state index in [4.69, 9.17) is 39.5 Å². The summed E-state index contributed by atoms with van der Waals surface area (Å²) in [6.07, 6.45) is 3.30. The summed E-state index contributed by atoms with van der Waals surface area (Å²) in [6, 6.07) is 9.10. The highest BCUT2D eigenvalue weighted by atomic mass is 35.5. The molecule has 0 N–H and O–H groups in total. The Kier molecular flexibility index (Phi) is 5.90. The zero-order chi connectivity index (χ0) is 16.1. The third kappa shape index (κ3) is 4.26. The fourth-order valence-corrected chi connectivity index (χ4v) is 2.53. The molecule has 5 heteroatoms. The molecule has 0 atom stereocenters. The molecule has 0 amide bonds. The molecule has 0 aliphatic carbocycles. The summed E-state index contributed by atoms with van der Waals surface area (Å²) in [5.41, 5.74) is 2.54. The predicted molar refractivity (Wildman–Crippen MR) is 95.6 cm³/mol. The lowest BCUT2D eigenvalue weighted by molar-refractivity contribution is 0.363. The Morgan fingerprint density at radius 1 is 1.09 bits per heavy atom. The monoisotopic (exact) mass is 353 g/mol. The number of halogens is 3. The van der Waals surface area contributed by atoms with Crippen molar-refractivity contribution in [1.29, 1.82) is 0 Å². The number of rotatable bonds is 5. The first kappa shape index (κ1) is 16.9. The topological polar surface area (TPSA) is 21.6 Å². The smallest absolute Gasteiger partial charge is 0.156 e. The number of benzene rings is 2. The van der Waals surface area contributed by atoms with Gasteiger partial charge in [0.2, 0.25) is 0 Å². The number of hydrogen-bond acceptors (Lipinski definition) is 2. The van der Waals surface area contributed by atoms with Gasteiger partial charge in [-0.3, -0.25) is 4.99 Å². The predicted octanol–water partition coefficient (Wildman–Crippen LogP) is 6.27. The van der Waals surface area contributed by atoms with Crippen LogP contribution in [0, 0.1) is 6.92 Å². The Balaban J connectivity index is 2.24. The first-order valence-corrected chi connectivity index (χ1v) is 7.67. The van der Waals surface area contributed by atoms with Gasteiger partial charge in [-0.25, -0.2) is 0 Å². The summed E-state index contributed by atoms with van der Waals surface area (Å²) in [5, 5.41) is 1.54. The number of hydrogen-bond donors (Lipinski definition) is 0. The van der Waals surface area contributed by atoms with Gasteiger partial charge < -0.3 is 4.74 Å².